The first-order valence-corrected chi connectivity index (χ1v) is 4.06. The second kappa shape index (κ2) is 3.31. The SMILES string of the molecule is FC(F)(F)c1cc2nnnn2cc1C(F)(F)F. The zero-order valence-electron chi connectivity index (χ0n) is 7.71. The number of hydrogen-bond acceptors (Lipinski definition) is 3. The van der Waals surface area contributed by atoms with Gasteiger partial charge in [0.2, 0.25) is 0 Å². The van der Waals surface area contributed by atoms with Gasteiger partial charge in [0, 0.05) is 6.20 Å². The zero-order chi connectivity index (χ0) is 12.8. The molecule has 4 nitrogen and oxygen atoms in total. The van der Waals surface area contributed by atoms with E-state index < -0.39 is 29.1 Å². The van der Waals surface area contributed by atoms with Gasteiger partial charge in [-0.15, -0.1) is 5.10 Å². The summed E-state index contributed by atoms with van der Waals surface area (Å²) in [5, 5.41) is 9.23. The lowest BCUT2D eigenvalue weighted by atomic mass is 10.1. The third-order valence-corrected chi connectivity index (χ3v) is 1.94. The monoisotopic (exact) mass is 256 g/mol. The van der Waals surface area contributed by atoms with Gasteiger partial charge >= 0.3 is 12.4 Å². The van der Waals surface area contributed by atoms with Gasteiger partial charge < -0.3 is 0 Å². The van der Waals surface area contributed by atoms with Crippen LogP contribution < -0.4 is 0 Å². The maximum atomic E-state index is 12.4. The molecule has 0 fully saturated rings. The van der Waals surface area contributed by atoms with E-state index >= 15 is 0 Å². The van der Waals surface area contributed by atoms with Crippen molar-refractivity contribution in [2.24, 2.45) is 0 Å². The van der Waals surface area contributed by atoms with Crippen molar-refractivity contribution in [1.82, 2.24) is 20.0 Å². The maximum absolute atomic E-state index is 12.4. The highest BCUT2D eigenvalue weighted by Crippen LogP contribution is 2.40. The van der Waals surface area contributed by atoms with Gasteiger partial charge in [-0.1, -0.05) is 0 Å². The van der Waals surface area contributed by atoms with Crippen LogP contribution in [0.3, 0.4) is 0 Å². The van der Waals surface area contributed by atoms with Crippen LogP contribution in [-0.4, -0.2) is 20.0 Å². The number of fused-ring (bicyclic) bond motifs is 1. The third-order valence-electron chi connectivity index (χ3n) is 1.94. The quantitative estimate of drug-likeness (QED) is 0.678. The van der Waals surface area contributed by atoms with Crippen LogP contribution in [-0.2, 0) is 12.4 Å². The van der Waals surface area contributed by atoms with Crippen molar-refractivity contribution in [3.8, 4) is 0 Å². The number of rotatable bonds is 0. The molecule has 0 radical (unpaired) electrons. The summed E-state index contributed by atoms with van der Waals surface area (Å²) in [5.41, 5.74) is -4.05. The van der Waals surface area contributed by atoms with E-state index in [4.69, 9.17) is 0 Å². The Morgan fingerprint density at radius 2 is 1.53 bits per heavy atom. The van der Waals surface area contributed by atoms with Crippen LogP contribution in [0.2, 0.25) is 0 Å². The minimum Gasteiger partial charge on any atom is -0.200 e. The number of tetrazole rings is 1. The van der Waals surface area contributed by atoms with Crippen molar-refractivity contribution in [3.05, 3.63) is 23.4 Å². The van der Waals surface area contributed by atoms with E-state index in [1.807, 2.05) is 0 Å². The lowest BCUT2D eigenvalue weighted by Gasteiger charge is -2.14. The Kier molecular flexibility index (Phi) is 2.26. The average Bonchev–Trinajstić information content (AvgIpc) is 2.59. The summed E-state index contributed by atoms with van der Waals surface area (Å²) in [4.78, 5) is 0. The Bertz CT molecular complexity index is 505. The Morgan fingerprint density at radius 3 is 2.06 bits per heavy atom. The van der Waals surface area contributed by atoms with E-state index in [9.17, 15) is 26.3 Å². The summed E-state index contributed by atoms with van der Waals surface area (Å²) in [6.45, 7) is 0. The van der Waals surface area contributed by atoms with E-state index in [1.165, 1.54) is 0 Å². The minimum absolute atomic E-state index is 0.207. The molecule has 0 spiro atoms. The maximum Gasteiger partial charge on any atom is 0.418 e. The molecule has 2 aromatic heterocycles. The first-order chi connectivity index (χ1) is 7.69. The van der Waals surface area contributed by atoms with Crippen molar-refractivity contribution in [2.75, 3.05) is 0 Å². The molecule has 92 valence electrons. The van der Waals surface area contributed by atoms with Gasteiger partial charge in [0.05, 0.1) is 11.1 Å². The van der Waals surface area contributed by atoms with E-state index in [1.54, 1.807) is 0 Å². The molecule has 0 atom stereocenters. The molecule has 2 aromatic rings. The molecular weight excluding hydrogens is 254 g/mol. The second-order valence-corrected chi connectivity index (χ2v) is 3.08. The Morgan fingerprint density at radius 1 is 0.941 bits per heavy atom. The van der Waals surface area contributed by atoms with E-state index in [-0.39, 0.29) is 12.3 Å². The van der Waals surface area contributed by atoms with Crippen LogP contribution in [0.25, 0.3) is 5.65 Å². The van der Waals surface area contributed by atoms with Crippen LogP contribution in [0, 0.1) is 0 Å². The van der Waals surface area contributed by atoms with Crippen LogP contribution in [0.1, 0.15) is 11.1 Å². The Labute approximate surface area is 88.8 Å². The first kappa shape index (κ1) is 11.6. The van der Waals surface area contributed by atoms with Crippen molar-refractivity contribution in [3.63, 3.8) is 0 Å². The number of nitrogens with zero attached hydrogens (tertiary/aromatic N) is 4. The fourth-order valence-electron chi connectivity index (χ4n) is 1.25. The molecule has 0 bridgehead atoms. The number of pyridine rings is 1. The predicted molar refractivity (Wildman–Crippen MR) is 40.8 cm³/mol. The lowest BCUT2D eigenvalue weighted by molar-refractivity contribution is -0.162. The predicted octanol–water partition coefficient (Wildman–Crippen LogP) is 2.16. The molecule has 0 N–H and O–H groups in total. The third kappa shape index (κ3) is 2.01. The molecule has 0 aliphatic carbocycles. The number of hydrogen-bond donors (Lipinski definition) is 0. The molecule has 10 heteroatoms. The fourth-order valence-corrected chi connectivity index (χ4v) is 1.25. The summed E-state index contributed by atoms with van der Waals surface area (Å²) in [5.74, 6) is 0. The van der Waals surface area contributed by atoms with Gasteiger partial charge in [-0.05, 0) is 16.5 Å². The van der Waals surface area contributed by atoms with Crippen molar-refractivity contribution < 1.29 is 26.3 Å². The molecule has 0 unspecified atom stereocenters. The smallest absolute Gasteiger partial charge is 0.200 e. The van der Waals surface area contributed by atoms with Gasteiger partial charge in [0.25, 0.3) is 0 Å². The highest BCUT2D eigenvalue weighted by Gasteiger charge is 2.43. The molecule has 0 amide bonds. The van der Waals surface area contributed by atoms with Gasteiger partial charge in [-0.25, -0.2) is 4.52 Å². The topological polar surface area (TPSA) is 43.1 Å². The van der Waals surface area contributed by atoms with Crippen LogP contribution in [0.5, 0.6) is 0 Å². The molecule has 17 heavy (non-hydrogen) atoms. The molecule has 0 aliphatic heterocycles. The molecular formula is C7H2F6N4. The Balaban J connectivity index is 2.78. The van der Waals surface area contributed by atoms with E-state index in [2.05, 4.69) is 15.5 Å². The van der Waals surface area contributed by atoms with Crippen molar-refractivity contribution in [1.29, 1.82) is 0 Å². The molecule has 2 rings (SSSR count). The van der Waals surface area contributed by atoms with Gasteiger partial charge in [0.1, 0.15) is 0 Å². The highest BCUT2D eigenvalue weighted by molar-refractivity contribution is 5.44. The molecule has 0 aliphatic rings. The van der Waals surface area contributed by atoms with Gasteiger partial charge in [-0.3, -0.25) is 0 Å². The molecule has 2 heterocycles. The lowest BCUT2D eigenvalue weighted by Crippen LogP contribution is -2.17. The Hall–Kier alpha value is -1.87. The van der Waals surface area contributed by atoms with E-state index in [0.717, 1.165) is 0 Å². The van der Waals surface area contributed by atoms with Gasteiger partial charge in [0.15, 0.2) is 5.65 Å². The summed E-state index contributed by atoms with van der Waals surface area (Å²) in [6.07, 6.45) is -10.1. The first-order valence-electron chi connectivity index (χ1n) is 4.06. The number of alkyl halides is 6. The summed E-state index contributed by atoms with van der Waals surface area (Å²) in [7, 11) is 0. The van der Waals surface area contributed by atoms with Crippen molar-refractivity contribution in [2.45, 2.75) is 12.4 Å². The number of aromatic nitrogens is 4. The summed E-state index contributed by atoms with van der Waals surface area (Å²) < 4.78 is 75.1. The average molecular weight is 256 g/mol. The van der Waals surface area contributed by atoms with Crippen LogP contribution in [0.15, 0.2) is 12.3 Å². The van der Waals surface area contributed by atoms with Gasteiger partial charge in [-0.2, -0.15) is 26.3 Å². The highest BCUT2D eigenvalue weighted by atomic mass is 19.4. The summed E-state index contributed by atoms with van der Waals surface area (Å²) >= 11 is 0. The fraction of sp³-hybridized carbons (Fsp3) is 0.286. The van der Waals surface area contributed by atoms with E-state index in [0.29, 0.717) is 4.52 Å². The molecule has 0 aromatic carbocycles. The molecule has 0 saturated heterocycles. The zero-order valence-corrected chi connectivity index (χ0v) is 7.71. The minimum atomic E-state index is -5.13. The van der Waals surface area contributed by atoms with Crippen LogP contribution in [0.4, 0.5) is 26.3 Å². The van der Waals surface area contributed by atoms with Crippen LogP contribution >= 0.6 is 0 Å². The largest absolute Gasteiger partial charge is 0.418 e. The summed E-state index contributed by atoms with van der Waals surface area (Å²) in [6, 6.07) is 0.253. The standard InChI is InChI=1S/C7H2F6N4/c8-6(9,10)3-1-5-14-15-16-17(5)2-4(3)7(11,12)13/h1-2H. The number of halogens is 6. The molecule has 0 saturated carbocycles. The normalized spacial score (nSPS) is 13.3. The van der Waals surface area contributed by atoms with Crippen molar-refractivity contribution >= 4 is 5.65 Å². The second-order valence-electron chi connectivity index (χ2n) is 3.08.